The SMILES string of the molecule is CCOC(=O)c1ccc(Sc2nc(C)cc(=O)[nH]2)c(N)c1. The minimum absolute atomic E-state index is 0.216. The molecule has 0 bridgehead atoms. The van der Waals surface area contributed by atoms with Crippen molar-refractivity contribution >= 4 is 23.4 Å². The first kappa shape index (κ1) is 15.1. The Morgan fingerprint density at radius 3 is 2.81 bits per heavy atom. The molecule has 0 spiro atoms. The number of ether oxygens (including phenoxy) is 1. The minimum atomic E-state index is -0.414. The number of aryl methyl sites for hydroxylation is 1. The third-order valence-corrected chi connectivity index (χ3v) is 3.55. The van der Waals surface area contributed by atoms with E-state index in [1.807, 2.05) is 0 Å². The van der Waals surface area contributed by atoms with Crippen molar-refractivity contribution in [3.05, 3.63) is 45.9 Å². The van der Waals surface area contributed by atoms with E-state index >= 15 is 0 Å². The molecule has 21 heavy (non-hydrogen) atoms. The molecule has 1 heterocycles. The lowest BCUT2D eigenvalue weighted by atomic mass is 10.2. The van der Waals surface area contributed by atoms with E-state index < -0.39 is 5.97 Å². The number of aromatic nitrogens is 2. The van der Waals surface area contributed by atoms with Gasteiger partial charge in [0.2, 0.25) is 0 Å². The minimum Gasteiger partial charge on any atom is -0.462 e. The summed E-state index contributed by atoms with van der Waals surface area (Å²) in [5, 5.41) is 0.454. The largest absolute Gasteiger partial charge is 0.462 e. The van der Waals surface area contributed by atoms with Gasteiger partial charge in [0.05, 0.1) is 12.2 Å². The van der Waals surface area contributed by atoms with Crippen LogP contribution in [0.5, 0.6) is 0 Å². The lowest BCUT2D eigenvalue weighted by molar-refractivity contribution is 0.0526. The van der Waals surface area contributed by atoms with E-state index in [1.54, 1.807) is 32.0 Å². The monoisotopic (exact) mass is 305 g/mol. The van der Waals surface area contributed by atoms with Crippen LogP contribution in [-0.4, -0.2) is 22.5 Å². The van der Waals surface area contributed by atoms with Crippen molar-refractivity contribution in [1.29, 1.82) is 0 Å². The van der Waals surface area contributed by atoms with Crippen molar-refractivity contribution in [2.75, 3.05) is 12.3 Å². The standard InChI is InChI=1S/C14H15N3O3S/c1-3-20-13(19)9-4-5-11(10(15)7-9)21-14-16-8(2)6-12(18)17-14/h4-7H,3,15H2,1-2H3,(H,16,17,18). The first-order chi connectivity index (χ1) is 9.99. The van der Waals surface area contributed by atoms with Gasteiger partial charge in [0.1, 0.15) is 0 Å². The molecule has 110 valence electrons. The van der Waals surface area contributed by atoms with Crippen LogP contribution < -0.4 is 11.3 Å². The van der Waals surface area contributed by atoms with Crippen molar-refractivity contribution < 1.29 is 9.53 Å². The third kappa shape index (κ3) is 3.85. The van der Waals surface area contributed by atoms with E-state index in [0.29, 0.717) is 33.6 Å². The van der Waals surface area contributed by atoms with Gasteiger partial charge in [-0.25, -0.2) is 9.78 Å². The number of hydrogen-bond acceptors (Lipinski definition) is 6. The summed E-state index contributed by atoms with van der Waals surface area (Å²) in [6, 6.07) is 6.30. The topological polar surface area (TPSA) is 98.1 Å². The Hall–Kier alpha value is -2.28. The molecule has 0 atom stereocenters. The molecule has 1 aromatic carbocycles. The summed E-state index contributed by atoms with van der Waals surface area (Å²) in [6.45, 7) is 3.79. The van der Waals surface area contributed by atoms with Gasteiger partial charge in [0.25, 0.3) is 5.56 Å². The number of carbonyl (C=O) groups excluding carboxylic acids is 1. The molecule has 2 rings (SSSR count). The summed E-state index contributed by atoms with van der Waals surface area (Å²) in [5.74, 6) is -0.414. The van der Waals surface area contributed by atoms with Crippen molar-refractivity contribution in [3.63, 3.8) is 0 Å². The second-order valence-electron chi connectivity index (χ2n) is 4.27. The van der Waals surface area contributed by atoms with Crippen LogP contribution in [-0.2, 0) is 4.74 Å². The molecule has 0 unspecified atom stereocenters. The average Bonchev–Trinajstić information content (AvgIpc) is 2.40. The molecule has 1 aromatic heterocycles. The highest BCUT2D eigenvalue weighted by Crippen LogP contribution is 2.30. The Kier molecular flexibility index (Phi) is 4.64. The molecule has 0 fully saturated rings. The molecule has 7 heteroatoms. The molecule has 0 aliphatic heterocycles. The molecular formula is C14H15N3O3S. The van der Waals surface area contributed by atoms with Crippen molar-refractivity contribution in [1.82, 2.24) is 9.97 Å². The van der Waals surface area contributed by atoms with Crippen LogP contribution in [0.3, 0.4) is 0 Å². The lowest BCUT2D eigenvalue weighted by Crippen LogP contribution is -2.08. The van der Waals surface area contributed by atoms with Gasteiger partial charge in [-0.15, -0.1) is 0 Å². The zero-order valence-corrected chi connectivity index (χ0v) is 12.5. The van der Waals surface area contributed by atoms with Gasteiger partial charge < -0.3 is 15.5 Å². The molecule has 0 radical (unpaired) electrons. The maximum Gasteiger partial charge on any atom is 0.338 e. The number of rotatable bonds is 4. The van der Waals surface area contributed by atoms with Gasteiger partial charge in [0, 0.05) is 22.3 Å². The lowest BCUT2D eigenvalue weighted by Gasteiger charge is -2.07. The number of nitrogens with zero attached hydrogens (tertiary/aromatic N) is 1. The number of anilines is 1. The van der Waals surface area contributed by atoms with Crippen LogP contribution in [0.25, 0.3) is 0 Å². The Morgan fingerprint density at radius 2 is 2.19 bits per heavy atom. The van der Waals surface area contributed by atoms with E-state index in [1.165, 1.54) is 17.8 Å². The van der Waals surface area contributed by atoms with Crippen LogP contribution in [0.2, 0.25) is 0 Å². The zero-order valence-electron chi connectivity index (χ0n) is 11.7. The van der Waals surface area contributed by atoms with Crippen LogP contribution in [0.4, 0.5) is 5.69 Å². The summed E-state index contributed by atoms with van der Waals surface area (Å²) in [5.41, 5.74) is 7.16. The Labute approximate surface area is 125 Å². The number of nitrogens with one attached hydrogen (secondary N) is 1. The highest BCUT2D eigenvalue weighted by atomic mass is 32.2. The van der Waals surface area contributed by atoms with Gasteiger partial charge in [-0.2, -0.15) is 0 Å². The van der Waals surface area contributed by atoms with Gasteiger partial charge in [-0.05, 0) is 43.8 Å². The summed E-state index contributed by atoms with van der Waals surface area (Å²) < 4.78 is 4.91. The number of aromatic amines is 1. The maximum atomic E-state index is 11.6. The number of esters is 1. The molecule has 0 saturated heterocycles. The molecule has 3 N–H and O–H groups in total. The summed E-state index contributed by atoms with van der Waals surface area (Å²) in [6.07, 6.45) is 0. The first-order valence-corrected chi connectivity index (χ1v) is 7.13. The summed E-state index contributed by atoms with van der Waals surface area (Å²) in [7, 11) is 0. The normalized spacial score (nSPS) is 10.4. The first-order valence-electron chi connectivity index (χ1n) is 6.32. The maximum absolute atomic E-state index is 11.6. The van der Waals surface area contributed by atoms with E-state index in [-0.39, 0.29) is 5.56 Å². The summed E-state index contributed by atoms with van der Waals surface area (Å²) in [4.78, 5) is 30.6. The highest BCUT2D eigenvalue weighted by Gasteiger charge is 2.10. The average molecular weight is 305 g/mol. The van der Waals surface area contributed by atoms with Gasteiger partial charge in [0.15, 0.2) is 5.16 Å². The number of benzene rings is 1. The fraction of sp³-hybridized carbons (Fsp3) is 0.214. The number of H-pyrrole nitrogens is 1. The quantitative estimate of drug-likeness (QED) is 0.509. The Morgan fingerprint density at radius 1 is 1.43 bits per heavy atom. The van der Waals surface area contributed by atoms with E-state index in [9.17, 15) is 9.59 Å². The van der Waals surface area contributed by atoms with Crippen LogP contribution >= 0.6 is 11.8 Å². The molecule has 0 aliphatic rings. The predicted octanol–water partition coefficient (Wildman–Crippen LogP) is 1.99. The Balaban J connectivity index is 2.25. The molecule has 6 nitrogen and oxygen atoms in total. The van der Waals surface area contributed by atoms with Crippen molar-refractivity contribution in [3.8, 4) is 0 Å². The summed E-state index contributed by atoms with van der Waals surface area (Å²) >= 11 is 1.23. The van der Waals surface area contributed by atoms with Crippen LogP contribution in [0, 0.1) is 6.92 Å². The number of nitrogen functional groups attached to an aromatic ring is 1. The molecule has 0 amide bonds. The molecule has 0 aliphatic carbocycles. The van der Waals surface area contributed by atoms with E-state index in [2.05, 4.69) is 9.97 Å². The third-order valence-electron chi connectivity index (χ3n) is 2.58. The fourth-order valence-corrected chi connectivity index (χ4v) is 2.55. The fourth-order valence-electron chi connectivity index (χ4n) is 1.69. The van der Waals surface area contributed by atoms with Gasteiger partial charge in [-0.3, -0.25) is 4.79 Å². The van der Waals surface area contributed by atoms with Gasteiger partial charge >= 0.3 is 5.97 Å². The van der Waals surface area contributed by atoms with Crippen LogP contribution in [0.1, 0.15) is 23.0 Å². The molecular weight excluding hydrogens is 290 g/mol. The van der Waals surface area contributed by atoms with E-state index in [0.717, 1.165) is 0 Å². The van der Waals surface area contributed by atoms with Crippen molar-refractivity contribution in [2.24, 2.45) is 0 Å². The van der Waals surface area contributed by atoms with Gasteiger partial charge in [-0.1, -0.05) is 0 Å². The molecule has 2 aromatic rings. The second-order valence-corrected chi connectivity index (χ2v) is 5.30. The highest BCUT2D eigenvalue weighted by molar-refractivity contribution is 7.99. The predicted molar refractivity (Wildman–Crippen MR) is 80.5 cm³/mol. The van der Waals surface area contributed by atoms with E-state index in [4.69, 9.17) is 10.5 Å². The smallest absolute Gasteiger partial charge is 0.338 e. The second kappa shape index (κ2) is 6.45. The number of hydrogen-bond donors (Lipinski definition) is 2. The van der Waals surface area contributed by atoms with Crippen molar-refractivity contribution in [2.45, 2.75) is 23.9 Å². The zero-order chi connectivity index (χ0) is 15.4. The van der Waals surface area contributed by atoms with Crippen LogP contribution in [0.15, 0.2) is 39.1 Å². The number of carbonyl (C=O) groups is 1. The Bertz CT molecular complexity index is 728. The number of nitrogens with two attached hydrogens (primary N) is 1. The molecule has 0 saturated carbocycles.